The molecule has 0 saturated heterocycles. The Hall–Kier alpha value is 2.50. The fourth-order valence-corrected chi connectivity index (χ4v) is 0. The van der Waals surface area contributed by atoms with Gasteiger partial charge < -0.3 is 62.0 Å². The zero-order valence-corrected chi connectivity index (χ0v) is 9.47. The third-order valence-corrected chi connectivity index (χ3v) is 0. The van der Waals surface area contributed by atoms with E-state index in [-0.39, 0.29) is 96.5 Å². The standard InChI is InChI=1S/5ClH.Cr.Se/h5*1H;;/q;;;;;+3;+2/p-5. The van der Waals surface area contributed by atoms with Crippen LogP contribution < -0.4 is 62.0 Å². The predicted molar refractivity (Wildman–Crippen MR) is 5.75 cm³/mol. The Morgan fingerprint density at radius 3 is 0.429 bits per heavy atom. The van der Waals surface area contributed by atoms with E-state index < -0.39 is 0 Å². The summed E-state index contributed by atoms with van der Waals surface area (Å²) in [6, 6.07) is 0. The molecule has 0 saturated carbocycles. The third-order valence-electron chi connectivity index (χ3n) is 0. The molecule has 0 spiro atoms. The molecule has 0 aromatic heterocycles. The van der Waals surface area contributed by atoms with Crippen molar-refractivity contribution in [3.05, 3.63) is 0 Å². The molecule has 0 unspecified atom stereocenters. The van der Waals surface area contributed by atoms with Crippen molar-refractivity contribution in [1.29, 1.82) is 0 Å². The summed E-state index contributed by atoms with van der Waals surface area (Å²) in [5, 5.41) is 0. The van der Waals surface area contributed by atoms with Crippen LogP contribution in [0.1, 0.15) is 0 Å². The van der Waals surface area contributed by atoms with Crippen LogP contribution in [-0.4, -0.2) is 17.1 Å². The average molecular weight is 308 g/mol. The van der Waals surface area contributed by atoms with Gasteiger partial charge in [0.1, 0.15) is 0 Å². The van der Waals surface area contributed by atoms with Gasteiger partial charge in [0, 0.05) is 0 Å². The Morgan fingerprint density at radius 1 is 0.429 bits per heavy atom. The molecule has 0 aliphatic heterocycles. The summed E-state index contributed by atoms with van der Waals surface area (Å²) in [6.45, 7) is 0. The first-order valence-corrected chi connectivity index (χ1v) is 0. The molecule has 0 bridgehead atoms. The monoisotopic (exact) mass is 307 g/mol. The van der Waals surface area contributed by atoms with Gasteiger partial charge in [-0.1, -0.05) is 0 Å². The number of rotatable bonds is 0. The quantitative estimate of drug-likeness (QED) is 0.390. The SMILES string of the molecule is [Cl-].[Cl-].[Cl-].[Cl-].[Cl-].[Cr+3].[Se+2]. The van der Waals surface area contributed by atoms with Crippen molar-refractivity contribution in [2.45, 2.75) is 0 Å². The summed E-state index contributed by atoms with van der Waals surface area (Å²) >= 11 is 0. The van der Waals surface area contributed by atoms with E-state index in [1.807, 2.05) is 0 Å². The van der Waals surface area contributed by atoms with Crippen LogP contribution in [0, 0.1) is 0 Å². The van der Waals surface area contributed by atoms with Crippen LogP contribution in [0.5, 0.6) is 0 Å². The Morgan fingerprint density at radius 2 is 0.429 bits per heavy atom. The second-order valence-electron chi connectivity index (χ2n) is 0. The minimum absolute atomic E-state index is 0. The van der Waals surface area contributed by atoms with Gasteiger partial charge in [-0.25, -0.2) is 0 Å². The normalized spacial score (nSPS) is 0. The summed E-state index contributed by atoms with van der Waals surface area (Å²) in [4.78, 5) is 0. The van der Waals surface area contributed by atoms with Crippen molar-refractivity contribution >= 4 is 17.1 Å². The van der Waals surface area contributed by atoms with E-state index >= 15 is 0 Å². The van der Waals surface area contributed by atoms with E-state index in [0.29, 0.717) is 0 Å². The number of hydrogen-bond donors (Lipinski definition) is 0. The second-order valence-corrected chi connectivity index (χ2v) is 0. The maximum Gasteiger partial charge on any atom is 3.00 e. The van der Waals surface area contributed by atoms with E-state index in [9.17, 15) is 0 Å². The first-order valence-electron chi connectivity index (χ1n) is 0. The molecule has 0 atom stereocenters. The van der Waals surface area contributed by atoms with Crippen LogP contribution in [0.2, 0.25) is 0 Å². The van der Waals surface area contributed by atoms with Gasteiger partial charge in [0.15, 0.2) is 0 Å². The van der Waals surface area contributed by atoms with Crippen LogP contribution in [-0.2, 0) is 17.4 Å². The van der Waals surface area contributed by atoms with Gasteiger partial charge in [-0.05, 0) is 0 Å². The topological polar surface area (TPSA) is 0 Å². The summed E-state index contributed by atoms with van der Waals surface area (Å²) < 4.78 is 0. The Labute approximate surface area is 95.6 Å². The molecule has 0 heterocycles. The van der Waals surface area contributed by atoms with Gasteiger partial charge in [0.2, 0.25) is 0 Å². The molecule has 0 fully saturated rings. The van der Waals surface area contributed by atoms with Crippen molar-refractivity contribution in [2.75, 3.05) is 0 Å². The van der Waals surface area contributed by atoms with Crippen LogP contribution in [0.4, 0.5) is 0 Å². The number of hydrogen-bond acceptors (Lipinski definition) is 0. The molecule has 0 amide bonds. The smallest absolute Gasteiger partial charge is 1.00 e. The van der Waals surface area contributed by atoms with Gasteiger partial charge in [0.25, 0.3) is 0 Å². The maximum atomic E-state index is 0. The van der Waals surface area contributed by atoms with Crippen molar-refractivity contribution < 1.29 is 79.4 Å². The molecule has 5 radical (unpaired) electrons. The van der Waals surface area contributed by atoms with E-state index in [2.05, 4.69) is 0 Å². The molecule has 0 aliphatic rings. The van der Waals surface area contributed by atoms with E-state index in [1.165, 1.54) is 0 Å². The van der Waals surface area contributed by atoms with Gasteiger partial charge in [-0.3, -0.25) is 0 Å². The van der Waals surface area contributed by atoms with Crippen molar-refractivity contribution in [2.24, 2.45) is 0 Å². The van der Waals surface area contributed by atoms with Crippen molar-refractivity contribution in [3.63, 3.8) is 0 Å². The summed E-state index contributed by atoms with van der Waals surface area (Å²) in [5.41, 5.74) is 0. The Bertz CT molecular complexity index is 8.04. The van der Waals surface area contributed by atoms with Crippen molar-refractivity contribution in [1.82, 2.24) is 0 Å². The molecule has 0 aliphatic carbocycles. The van der Waals surface area contributed by atoms with E-state index in [4.69, 9.17) is 0 Å². The summed E-state index contributed by atoms with van der Waals surface area (Å²) in [7, 11) is 0. The van der Waals surface area contributed by atoms with E-state index in [1.54, 1.807) is 0 Å². The van der Waals surface area contributed by atoms with Gasteiger partial charge in [-0.2, -0.15) is 0 Å². The molecule has 0 aromatic carbocycles. The Kier molecular flexibility index (Phi) is 1200. The molecule has 7 heavy (non-hydrogen) atoms. The largest absolute Gasteiger partial charge is 3.00 e. The zero-order chi connectivity index (χ0) is 0. The summed E-state index contributed by atoms with van der Waals surface area (Å²) in [6.07, 6.45) is 0. The molecule has 0 N–H and O–H groups in total. The third kappa shape index (κ3) is 57.4. The molecule has 0 nitrogen and oxygen atoms in total. The zero-order valence-electron chi connectivity index (χ0n) is 2.71. The first-order chi connectivity index (χ1) is 0. The van der Waals surface area contributed by atoms with Gasteiger partial charge in [0.05, 0.1) is 0 Å². The predicted octanol–water partition coefficient (Wildman–Crippen LogP) is -15.4. The van der Waals surface area contributed by atoms with E-state index in [0.717, 1.165) is 0 Å². The van der Waals surface area contributed by atoms with Crippen LogP contribution in [0.3, 0.4) is 0 Å². The molecule has 0 aromatic rings. The minimum atomic E-state index is 0. The maximum absolute atomic E-state index is 0. The molecule has 7 heteroatoms. The fraction of sp³-hybridized carbons (Fsp3) is 0. The molecular weight excluding hydrogens is 308 g/mol. The van der Waals surface area contributed by atoms with Gasteiger partial charge >= 0.3 is 34.4 Å². The first kappa shape index (κ1) is 110. The fourth-order valence-electron chi connectivity index (χ4n) is 0. The van der Waals surface area contributed by atoms with Crippen molar-refractivity contribution in [3.8, 4) is 0 Å². The number of halogens is 5. The minimum Gasteiger partial charge on any atom is -1.00 e. The van der Waals surface area contributed by atoms with Crippen LogP contribution in [0.15, 0.2) is 0 Å². The molecule has 0 rings (SSSR count). The average Bonchev–Trinajstić information content (AvgIpc) is 0. The van der Waals surface area contributed by atoms with Crippen LogP contribution in [0.25, 0.3) is 0 Å². The summed E-state index contributed by atoms with van der Waals surface area (Å²) in [5.74, 6) is 0. The second kappa shape index (κ2) is 76.4. The molecule has 47 valence electrons. The van der Waals surface area contributed by atoms with Gasteiger partial charge in [-0.15, -0.1) is 0 Å². The Balaban J connectivity index is 0. The van der Waals surface area contributed by atoms with Crippen LogP contribution >= 0.6 is 0 Å². The molecular formula is Cl5CrSe.